The number of nitrogens with one attached hydrogen (secondary N) is 2. The summed E-state index contributed by atoms with van der Waals surface area (Å²) < 4.78 is 7.48. The molecule has 2 aromatic heterocycles. The van der Waals surface area contributed by atoms with Crippen LogP contribution in [0, 0.1) is 0 Å². The van der Waals surface area contributed by atoms with E-state index in [0.717, 1.165) is 47.8 Å². The summed E-state index contributed by atoms with van der Waals surface area (Å²) >= 11 is 0. The summed E-state index contributed by atoms with van der Waals surface area (Å²) in [6.07, 6.45) is 2.88. The van der Waals surface area contributed by atoms with E-state index in [2.05, 4.69) is 15.4 Å². The van der Waals surface area contributed by atoms with Gasteiger partial charge in [-0.3, -0.25) is 4.79 Å². The number of aromatic amines is 1. The number of primary amides is 1. The number of aromatic nitrogens is 3. The van der Waals surface area contributed by atoms with Crippen LogP contribution in [0.15, 0.2) is 60.8 Å². The maximum Gasteiger partial charge on any atom is 0.269 e. The van der Waals surface area contributed by atoms with Gasteiger partial charge in [0.2, 0.25) is 0 Å². The van der Waals surface area contributed by atoms with E-state index >= 15 is 0 Å². The van der Waals surface area contributed by atoms with Crippen molar-refractivity contribution in [3.63, 3.8) is 0 Å². The average Bonchev–Trinajstić information content (AvgIpc) is 3.45. The van der Waals surface area contributed by atoms with Gasteiger partial charge in [-0.1, -0.05) is 18.2 Å². The Morgan fingerprint density at radius 2 is 1.86 bits per heavy atom. The number of carbonyl (C=O) groups is 1. The molecule has 0 radical (unpaired) electrons. The highest BCUT2D eigenvalue weighted by molar-refractivity contribution is 5.98. The van der Waals surface area contributed by atoms with Crippen molar-refractivity contribution in [2.24, 2.45) is 5.73 Å². The van der Waals surface area contributed by atoms with Crippen molar-refractivity contribution in [2.75, 3.05) is 13.1 Å². The van der Waals surface area contributed by atoms with Crippen LogP contribution in [0.25, 0.3) is 16.9 Å². The maximum atomic E-state index is 12.2. The molecule has 7 nitrogen and oxygen atoms in total. The van der Waals surface area contributed by atoms with Crippen molar-refractivity contribution in [2.45, 2.75) is 12.3 Å². The summed E-state index contributed by atoms with van der Waals surface area (Å²) in [5.41, 5.74) is 9.50. The first-order valence-electron chi connectivity index (χ1n) is 9.64. The van der Waals surface area contributed by atoms with Crippen molar-refractivity contribution < 1.29 is 9.53 Å². The van der Waals surface area contributed by atoms with E-state index in [1.807, 2.05) is 60.8 Å². The molecule has 1 atom stereocenters. The minimum absolute atomic E-state index is 0.355. The Morgan fingerprint density at radius 3 is 2.55 bits per heavy atom. The predicted molar refractivity (Wildman–Crippen MR) is 110 cm³/mol. The number of carbonyl (C=O) groups excluding carboxylic acids is 1. The van der Waals surface area contributed by atoms with E-state index in [0.29, 0.717) is 17.3 Å². The second-order valence-electron chi connectivity index (χ2n) is 7.20. The summed E-state index contributed by atoms with van der Waals surface area (Å²) in [6, 6.07) is 17.2. The Morgan fingerprint density at radius 1 is 1.10 bits per heavy atom. The smallest absolute Gasteiger partial charge is 0.269 e. The molecular formula is C22H21N5O2. The molecule has 4 N–H and O–H groups in total. The third-order valence-electron chi connectivity index (χ3n) is 5.34. The first-order valence-corrected chi connectivity index (χ1v) is 9.64. The van der Waals surface area contributed by atoms with Crippen molar-refractivity contribution in [1.29, 1.82) is 0 Å². The second kappa shape index (κ2) is 7.10. The number of para-hydroxylation sites is 1. The number of H-pyrrole nitrogens is 1. The highest BCUT2D eigenvalue weighted by atomic mass is 16.5. The lowest BCUT2D eigenvalue weighted by atomic mass is 10.0. The van der Waals surface area contributed by atoms with E-state index in [4.69, 9.17) is 10.5 Å². The van der Waals surface area contributed by atoms with E-state index in [1.54, 1.807) is 4.52 Å². The quantitative estimate of drug-likeness (QED) is 0.489. The molecule has 1 aliphatic heterocycles. The van der Waals surface area contributed by atoms with Gasteiger partial charge in [-0.15, -0.1) is 0 Å². The van der Waals surface area contributed by atoms with Gasteiger partial charge in [0.15, 0.2) is 5.69 Å². The molecule has 1 aliphatic rings. The molecule has 0 spiro atoms. The maximum absolute atomic E-state index is 12.2. The van der Waals surface area contributed by atoms with Crippen LogP contribution in [0.4, 0.5) is 0 Å². The van der Waals surface area contributed by atoms with Gasteiger partial charge in [0.05, 0.1) is 11.9 Å². The molecule has 0 saturated carbocycles. The number of hydrogen-bond acceptors (Lipinski definition) is 4. The van der Waals surface area contributed by atoms with Crippen molar-refractivity contribution >= 4 is 11.6 Å². The van der Waals surface area contributed by atoms with Crippen LogP contribution in [0.1, 0.15) is 28.4 Å². The molecule has 146 valence electrons. The lowest BCUT2D eigenvalue weighted by molar-refractivity contribution is 0.0994. The fourth-order valence-corrected chi connectivity index (χ4v) is 3.91. The average molecular weight is 387 g/mol. The number of amides is 1. The molecule has 5 rings (SSSR count). The molecule has 1 unspecified atom stereocenters. The lowest BCUT2D eigenvalue weighted by Crippen LogP contribution is -2.15. The first-order chi connectivity index (χ1) is 14.2. The van der Waals surface area contributed by atoms with Crippen LogP contribution in [0.5, 0.6) is 11.5 Å². The summed E-state index contributed by atoms with van der Waals surface area (Å²) in [5, 5.41) is 7.81. The Bertz CT molecular complexity index is 1160. The van der Waals surface area contributed by atoms with Gasteiger partial charge in [-0.2, -0.15) is 5.10 Å². The van der Waals surface area contributed by atoms with E-state index < -0.39 is 5.91 Å². The van der Waals surface area contributed by atoms with Crippen LogP contribution >= 0.6 is 0 Å². The van der Waals surface area contributed by atoms with Crippen molar-refractivity contribution in [3.05, 3.63) is 72.1 Å². The number of imidazole rings is 1. The number of nitrogens with two attached hydrogens (primary N) is 1. The van der Waals surface area contributed by atoms with Gasteiger partial charge < -0.3 is 20.8 Å². The minimum Gasteiger partial charge on any atom is -0.457 e. The molecule has 1 saturated heterocycles. The summed E-state index contributed by atoms with van der Waals surface area (Å²) in [4.78, 5) is 15.6. The molecule has 7 heteroatoms. The van der Waals surface area contributed by atoms with E-state index in [-0.39, 0.29) is 0 Å². The standard InChI is InChI=1S/C22H21N5O2/c23-21(28)20-19(26-22-18(13-25-27(20)22)15-10-11-24-12-15)14-6-8-17(9-7-14)29-16-4-2-1-3-5-16/h1-9,13,15,24,26H,10-12H2,(H2,23,28). The van der Waals surface area contributed by atoms with Gasteiger partial charge in [0.25, 0.3) is 5.91 Å². The number of hydrogen-bond donors (Lipinski definition) is 3. The summed E-state index contributed by atoms with van der Waals surface area (Å²) in [7, 11) is 0. The Balaban J connectivity index is 1.52. The first kappa shape index (κ1) is 17.5. The van der Waals surface area contributed by atoms with Gasteiger partial charge in [-0.25, -0.2) is 4.52 Å². The zero-order chi connectivity index (χ0) is 19.8. The number of fused-ring (bicyclic) bond motifs is 1. The van der Waals surface area contributed by atoms with Crippen LogP contribution < -0.4 is 15.8 Å². The summed E-state index contributed by atoms with van der Waals surface area (Å²) in [5.74, 6) is 1.34. The molecule has 1 amide bonds. The van der Waals surface area contributed by atoms with Gasteiger partial charge in [-0.05, 0) is 49.4 Å². The SMILES string of the molecule is NC(=O)c1c(-c2ccc(Oc3ccccc3)cc2)[nH]c2c(C3CCNC3)cnn12. The molecule has 4 aromatic rings. The lowest BCUT2D eigenvalue weighted by Gasteiger charge is -2.07. The highest BCUT2D eigenvalue weighted by Crippen LogP contribution is 2.32. The molecule has 1 fully saturated rings. The normalized spacial score (nSPS) is 16.3. The van der Waals surface area contributed by atoms with Gasteiger partial charge in [0.1, 0.15) is 17.1 Å². The minimum atomic E-state index is -0.518. The number of nitrogens with zero attached hydrogens (tertiary/aromatic N) is 2. The fourth-order valence-electron chi connectivity index (χ4n) is 3.91. The zero-order valence-corrected chi connectivity index (χ0v) is 15.8. The van der Waals surface area contributed by atoms with Crippen molar-refractivity contribution in [1.82, 2.24) is 19.9 Å². The monoisotopic (exact) mass is 387 g/mol. The van der Waals surface area contributed by atoms with Crippen LogP contribution in [-0.2, 0) is 0 Å². The second-order valence-corrected chi connectivity index (χ2v) is 7.20. The largest absolute Gasteiger partial charge is 0.457 e. The van der Waals surface area contributed by atoms with Crippen LogP contribution in [0.2, 0.25) is 0 Å². The van der Waals surface area contributed by atoms with Gasteiger partial charge in [0, 0.05) is 23.6 Å². The van der Waals surface area contributed by atoms with E-state index in [9.17, 15) is 4.79 Å². The third-order valence-corrected chi connectivity index (χ3v) is 5.34. The van der Waals surface area contributed by atoms with Crippen molar-refractivity contribution in [3.8, 4) is 22.8 Å². The molecular weight excluding hydrogens is 366 g/mol. The zero-order valence-electron chi connectivity index (χ0n) is 15.8. The van der Waals surface area contributed by atoms with Crippen LogP contribution in [0.3, 0.4) is 0 Å². The fraction of sp³-hybridized carbons (Fsp3) is 0.182. The number of ether oxygens (including phenoxy) is 1. The number of rotatable bonds is 5. The van der Waals surface area contributed by atoms with E-state index in [1.165, 1.54) is 0 Å². The Hall–Kier alpha value is -3.58. The van der Waals surface area contributed by atoms with Gasteiger partial charge >= 0.3 is 0 Å². The topological polar surface area (TPSA) is 97.4 Å². The predicted octanol–water partition coefficient (Wildman–Crippen LogP) is 3.30. The molecule has 3 heterocycles. The molecule has 29 heavy (non-hydrogen) atoms. The molecule has 0 bridgehead atoms. The number of benzene rings is 2. The highest BCUT2D eigenvalue weighted by Gasteiger charge is 2.26. The Kier molecular flexibility index (Phi) is 4.29. The molecule has 2 aromatic carbocycles. The van der Waals surface area contributed by atoms with Crippen LogP contribution in [-0.4, -0.2) is 33.6 Å². The third kappa shape index (κ3) is 3.15. The Labute approximate surface area is 167 Å². The summed E-state index contributed by atoms with van der Waals surface area (Å²) in [6.45, 7) is 1.90. The molecule has 0 aliphatic carbocycles.